The zero-order valence-electron chi connectivity index (χ0n) is 17.3. The Morgan fingerprint density at radius 1 is 1.13 bits per heavy atom. The highest BCUT2D eigenvalue weighted by molar-refractivity contribution is 9.10. The number of carbonyl (C=O) groups is 1. The van der Waals surface area contributed by atoms with Gasteiger partial charge in [-0.15, -0.1) is 0 Å². The van der Waals surface area contributed by atoms with Gasteiger partial charge in [0.15, 0.2) is 5.43 Å². The van der Waals surface area contributed by atoms with E-state index in [1.165, 1.54) is 0 Å². The number of hydrogen-bond acceptors (Lipinski definition) is 4. The second-order valence-corrected chi connectivity index (χ2v) is 8.82. The molecule has 0 spiro atoms. The van der Waals surface area contributed by atoms with Crippen LogP contribution in [0.5, 0.6) is 0 Å². The van der Waals surface area contributed by atoms with Gasteiger partial charge in [0, 0.05) is 17.6 Å². The second-order valence-electron chi connectivity index (χ2n) is 7.90. The third-order valence-corrected chi connectivity index (χ3v) is 5.81. The molecule has 2 aromatic carbocycles. The summed E-state index contributed by atoms with van der Waals surface area (Å²) in [5.74, 6) is -0.104. The Hall–Kier alpha value is -2.44. The number of fused-ring (bicyclic) bond motifs is 2. The maximum atomic E-state index is 13.4. The second kappa shape index (κ2) is 8.36. The molecule has 156 valence electrons. The van der Waals surface area contributed by atoms with E-state index >= 15 is 0 Å². The van der Waals surface area contributed by atoms with E-state index in [0.717, 1.165) is 15.6 Å². The SMILES string of the molecule is Cc1ccc(C2c3c(oc4ccc(Br)cc4c3=O)C(=O)N2CCCOC(C)C)cc1. The van der Waals surface area contributed by atoms with E-state index in [9.17, 15) is 9.59 Å². The highest BCUT2D eigenvalue weighted by Crippen LogP contribution is 2.38. The van der Waals surface area contributed by atoms with Crippen LogP contribution in [0.4, 0.5) is 0 Å². The van der Waals surface area contributed by atoms with E-state index in [1.807, 2.05) is 45.0 Å². The van der Waals surface area contributed by atoms with Crippen LogP contribution in [0.15, 0.2) is 56.1 Å². The van der Waals surface area contributed by atoms with Gasteiger partial charge in [-0.25, -0.2) is 0 Å². The molecule has 0 bridgehead atoms. The highest BCUT2D eigenvalue weighted by Gasteiger charge is 2.42. The van der Waals surface area contributed by atoms with Gasteiger partial charge >= 0.3 is 0 Å². The van der Waals surface area contributed by atoms with E-state index in [-0.39, 0.29) is 23.2 Å². The molecule has 1 aliphatic rings. The van der Waals surface area contributed by atoms with Crippen molar-refractivity contribution in [1.29, 1.82) is 0 Å². The third kappa shape index (κ3) is 3.82. The Bertz CT molecular complexity index is 1150. The molecule has 6 heteroatoms. The summed E-state index contributed by atoms with van der Waals surface area (Å²) in [7, 11) is 0. The molecule has 3 aromatic rings. The molecular formula is C24H24BrNO4. The number of rotatable bonds is 6. The minimum Gasteiger partial charge on any atom is -0.450 e. The van der Waals surface area contributed by atoms with Crippen molar-refractivity contribution in [2.75, 3.05) is 13.2 Å². The summed E-state index contributed by atoms with van der Waals surface area (Å²) in [5.41, 5.74) is 2.70. The number of benzene rings is 2. The predicted octanol–water partition coefficient (Wildman–Crippen LogP) is 5.22. The number of carbonyl (C=O) groups excluding carboxylic acids is 1. The number of aryl methyl sites for hydroxylation is 1. The zero-order chi connectivity index (χ0) is 21.4. The average Bonchev–Trinajstić information content (AvgIpc) is 2.99. The summed E-state index contributed by atoms with van der Waals surface area (Å²) in [6, 6.07) is 12.7. The van der Waals surface area contributed by atoms with Gasteiger partial charge in [-0.1, -0.05) is 45.8 Å². The van der Waals surface area contributed by atoms with Gasteiger partial charge in [0.1, 0.15) is 5.58 Å². The van der Waals surface area contributed by atoms with Crippen molar-refractivity contribution in [1.82, 2.24) is 4.90 Å². The van der Waals surface area contributed by atoms with Gasteiger partial charge in [-0.3, -0.25) is 9.59 Å². The van der Waals surface area contributed by atoms with Crippen molar-refractivity contribution in [3.63, 3.8) is 0 Å². The number of nitrogens with zero attached hydrogens (tertiary/aromatic N) is 1. The molecule has 5 nitrogen and oxygen atoms in total. The average molecular weight is 470 g/mol. The number of halogens is 1. The number of ether oxygens (including phenoxy) is 1. The maximum absolute atomic E-state index is 13.4. The summed E-state index contributed by atoms with van der Waals surface area (Å²) in [4.78, 5) is 28.5. The van der Waals surface area contributed by atoms with Crippen LogP contribution < -0.4 is 5.43 Å². The fourth-order valence-electron chi connectivity index (χ4n) is 3.87. The Kier molecular flexibility index (Phi) is 5.80. The van der Waals surface area contributed by atoms with Crippen LogP contribution in [-0.2, 0) is 4.74 Å². The molecule has 4 rings (SSSR count). The lowest BCUT2D eigenvalue weighted by molar-refractivity contribution is 0.0593. The summed E-state index contributed by atoms with van der Waals surface area (Å²) < 4.78 is 12.4. The van der Waals surface area contributed by atoms with Gasteiger partial charge in [0.25, 0.3) is 5.91 Å². The molecule has 1 aliphatic heterocycles. The van der Waals surface area contributed by atoms with E-state index in [4.69, 9.17) is 9.15 Å². The lowest BCUT2D eigenvalue weighted by Crippen LogP contribution is -2.31. The number of hydrogen-bond donors (Lipinski definition) is 0. The quantitative estimate of drug-likeness (QED) is 0.464. The summed E-state index contributed by atoms with van der Waals surface area (Å²) in [5, 5.41) is 0.470. The summed E-state index contributed by atoms with van der Waals surface area (Å²) in [6.45, 7) is 7.01. The minimum atomic E-state index is -0.466. The molecule has 1 amide bonds. The topological polar surface area (TPSA) is 59.8 Å². The van der Waals surface area contributed by atoms with Gasteiger partial charge in [0.2, 0.25) is 5.76 Å². The van der Waals surface area contributed by atoms with Crippen LogP contribution >= 0.6 is 15.9 Å². The molecule has 2 heterocycles. The maximum Gasteiger partial charge on any atom is 0.290 e. The molecule has 30 heavy (non-hydrogen) atoms. The first-order valence-corrected chi connectivity index (χ1v) is 10.9. The van der Waals surface area contributed by atoms with Crippen molar-refractivity contribution in [2.24, 2.45) is 0 Å². The van der Waals surface area contributed by atoms with Crippen LogP contribution in [0.1, 0.15) is 53.6 Å². The highest BCUT2D eigenvalue weighted by atomic mass is 79.9. The smallest absolute Gasteiger partial charge is 0.290 e. The summed E-state index contributed by atoms with van der Waals surface area (Å²) in [6.07, 6.45) is 0.816. The molecule has 0 fully saturated rings. The van der Waals surface area contributed by atoms with Gasteiger partial charge < -0.3 is 14.1 Å². The first-order valence-electron chi connectivity index (χ1n) is 10.1. The predicted molar refractivity (Wildman–Crippen MR) is 120 cm³/mol. The van der Waals surface area contributed by atoms with E-state index in [2.05, 4.69) is 15.9 Å². The van der Waals surface area contributed by atoms with Crippen LogP contribution in [0.3, 0.4) is 0 Å². The standard InChI is InChI=1S/C24H24BrNO4/c1-14(2)29-12-4-11-26-21(16-7-5-15(3)6-8-16)20-22(27)18-13-17(25)9-10-19(18)30-23(20)24(26)28/h5-10,13-14,21H,4,11-12H2,1-3H3. The summed E-state index contributed by atoms with van der Waals surface area (Å²) >= 11 is 3.42. The Balaban J connectivity index is 1.81. The van der Waals surface area contributed by atoms with Crippen molar-refractivity contribution < 1.29 is 13.9 Å². The first-order chi connectivity index (χ1) is 14.4. The van der Waals surface area contributed by atoms with E-state index in [0.29, 0.717) is 36.1 Å². The van der Waals surface area contributed by atoms with E-state index in [1.54, 1.807) is 23.1 Å². The first kappa shape index (κ1) is 20.8. The molecule has 0 saturated heterocycles. The van der Waals surface area contributed by atoms with Crippen LogP contribution in [0.2, 0.25) is 0 Å². The van der Waals surface area contributed by atoms with Gasteiger partial charge in [-0.2, -0.15) is 0 Å². The molecule has 1 unspecified atom stereocenters. The fourth-order valence-corrected chi connectivity index (χ4v) is 4.23. The van der Waals surface area contributed by atoms with Crippen LogP contribution in [0, 0.1) is 6.92 Å². The van der Waals surface area contributed by atoms with Gasteiger partial charge in [-0.05, 0) is 51.0 Å². The van der Waals surface area contributed by atoms with Gasteiger partial charge in [0.05, 0.1) is 23.1 Å². The third-order valence-electron chi connectivity index (χ3n) is 5.32. The van der Waals surface area contributed by atoms with Crippen LogP contribution in [0.25, 0.3) is 11.0 Å². The molecule has 0 saturated carbocycles. The normalized spacial score (nSPS) is 16.0. The Morgan fingerprint density at radius 3 is 2.57 bits per heavy atom. The fraction of sp³-hybridized carbons (Fsp3) is 0.333. The molecule has 0 aliphatic carbocycles. The minimum absolute atomic E-state index is 0.136. The van der Waals surface area contributed by atoms with E-state index < -0.39 is 6.04 Å². The van der Waals surface area contributed by atoms with Crippen LogP contribution in [-0.4, -0.2) is 30.1 Å². The van der Waals surface area contributed by atoms with Crippen molar-refractivity contribution in [3.8, 4) is 0 Å². The molecule has 0 N–H and O–H groups in total. The monoisotopic (exact) mass is 469 g/mol. The lowest BCUT2D eigenvalue weighted by atomic mass is 9.97. The largest absolute Gasteiger partial charge is 0.450 e. The van der Waals surface area contributed by atoms with Crippen molar-refractivity contribution in [3.05, 3.63) is 79.6 Å². The molecule has 0 radical (unpaired) electrons. The molecule has 1 atom stereocenters. The lowest BCUT2D eigenvalue weighted by Gasteiger charge is -2.25. The Morgan fingerprint density at radius 2 is 1.87 bits per heavy atom. The Labute approximate surface area is 183 Å². The molecular weight excluding hydrogens is 446 g/mol. The van der Waals surface area contributed by atoms with Crippen molar-refractivity contribution in [2.45, 2.75) is 39.3 Å². The zero-order valence-corrected chi connectivity index (χ0v) is 18.9. The number of amides is 1. The molecule has 1 aromatic heterocycles. The van der Waals surface area contributed by atoms with Crippen molar-refractivity contribution >= 4 is 32.8 Å².